The Morgan fingerprint density at radius 3 is 2.43 bits per heavy atom. The molecule has 0 saturated carbocycles. The average molecular weight is 267 g/mol. The first-order valence-corrected chi connectivity index (χ1v) is 4.51. The highest BCUT2D eigenvalue weighted by Gasteiger charge is 2.27. The topological polar surface area (TPSA) is 17.1 Å². The van der Waals surface area contributed by atoms with E-state index >= 15 is 0 Å². The second kappa shape index (κ2) is 4.13. The summed E-state index contributed by atoms with van der Waals surface area (Å²) in [6, 6.07) is 4.04. The van der Waals surface area contributed by atoms with E-state index in [1.165, 1.54) is 18.2 Å². The molecule has 0 unspecified atom stereocenters. The third-order valence-corrected chi connectivity index (χ3v) is 1.98. The molecule has 0 atom stereocenters. The fraction of sp³-hybridized carbons (Fsp3) is 0.222. The normalized spacial score (nSPS) is 11.4. The second-order valence-electron chi connectivity index (χ2n) is 2.80. The van der Waals surface area contributed by atoms with Crippen molar-refractivity contribution in [1.82, 2.24) is 0 Å². The van der Waals surface area contributed by atoms with Crippen LogP contribution in [0, 0.1) is 0 Å². The standard InChI is InChI=1S/C9H6BrF3O/c10-8-2-6(4-9(11,12)13)1-7(3-8)5-14/h1-3,5H,4H2. The van der Waals surface area contributed by atoms with Gasteiger partial charge in [0.2, 0.25) is 0 Å². The minimum absolute atomic E-state index is 0.0778. The predicted octanol–water partition coefficient (Wildman–Crippen LogP) is 3.37. The van der Waals surface area contributed by atoms with Gasteiger partial charge in [0.15, 0.2) is 0 Å². The van der Waals surface area contributed by atoms with Crippen LogP contribution in [0.2, 0.25) is 0 Å². The van der Waals surface area contributed by atoms with Gasteiger partial charge < -0.3 is 0 Å². The second-order valence-corrected chi connectivity index (χ2v) is 3.72. The van der Waals surface area contributed by atoms with E-state index in [9.17, 15) is 18.0 Å². The number of rotatable bonds is 2. The summed E-state index contributed by atoms with van der Waals surface area (Å²) >= 11 is 3.04. The van der Waals surface area contributed by atoms with E-state index < -0.39 is 12.6 Å². The van der Waals surface area contributed by atoms with E-state index in [0.717, 1.165) is 0 Å². The molecule has 1 rings (SSSR count). The summed E-state index contributed by atoms with van der Waals surface area (Å²) in [7, 11) is 0. The van der Waals surface area contributed by atoms with E-state index in [1.807, 2.05) is 0 Å². The monoisotopic (exact) mass is 266 g/mol. The summed E-state index contributed by atoms with van der Waals surface area (Å²) < 4.78 is 36.5. The van der Waals surface area contributed by atoms with Crippen LogP contribution in [0.15, 0.2) is 22.7 Å². The molecule has 0 amide bonds. The molecule has 0 aromatic heterocycles. The molecule has 0 aliphatic carbocycles. The number of carbonyl (C=O) groups is 1. The Morgan fingerprint density at radius 1 is 1.29 bits per heavy atom. The molecular weight excluding hydrogens is 261 g/mol. The first-order valence-electron chi connectivity index (χ1n) is 3.72. The Kier molecular flexibility index (Phi) is 3.31. The SMILES string of the molecule is O=Cc1cc(Br)cc(CC(F)(F)F)c1. The number of halogens is 4. The zero-order valence-corrected chi connectivity index (χ0v) is 8.52. The first kappa shape index (κ1) is 11.2. The van der Waals surface area contributed by atoms with Crippen molar-refractivity contribution in [2.45, 2.75) is 12.6 Å². The lowest BCUT2D eigenvalue weighted by Gasteiger charge is -2.07. The van der Waals surface area contributed by atoms with Crippen molar-refractivity contribution in [2.75, 3.05) is 0 Å². The van der Waals surface area contributed by atoms with Gasteiger partial charge in [-0.15, -0.1) is 0 Å². The van der Waals surface area contributed by atoms with E-state index in [2.05, 4.69) is 15.9 Å². The van der Waals surface area contributed by atoms with Crippen LogP contribution in [0.5, 0.6) is 0 Å². The van der Waals surface area contributed by atoms with Crippen LogP contribution < -0.4 is 0 Å². The van der Waals surface area contributed by atoms with Gasteiger partial charge in [-0.05, 0) is 23.8 Å². The summed E-state index contributed by atoms with van der Waals surface area (Å²) in [5.41, 5.74) is 0.313. The van der Waals surface area contributed by atoms with Crippen LogP contribution in [0.3, 0.4) is 0 Å². The maximum absolute atomic E-state index is 12.0. The number of benzene rings is 1. The molecule has 0 spiro atoms. The molecule has 1 nitrogen and oxygen atoms in total. The van der Waals surface area contributed by atoms with Gasteiger partial charge >= 0.3 is 6.18 Å². The molecule has 1 aromatic rings. The number of carbonyl (C=O) groups excluding carboxylic acids is 1. The lowest BCUT2D eigenvalue weighted by molar-refractivity contribution is -0.127. The first-order chi connectivity index (χ1) is 6.40. The molecule has 0 saturated heterocycles. The third-order valence-electron chi connectivity index (χ3n) is 1.52. The van der Waals surface area contributed by atoms with Crippen LogP contribution in [0.1, 0.15) is 15.9 Å². The van der Waals surface area contributed by atoms with Gasteiger partial charge in [0.25, 0.3) is 0 Å². The van der Waals surface area contributed by atoms with Crippen LogP contribution >= 0.6 is 15.9 Å². The zero-order chi connectivity index (χ0) is 10.8. The molecule has 0 aliphatic rings. The van der Waals surface area contributed by atoms with Crippen LogP contribution in [-0.2, 0) is 6.42 Å². The largest absolute Gasteiger partial charge is 0.393 e. The summed E-state index contributed by atoms with van der Waals surface area (Å²) in [4.78, 5) is 10.4. The summed E-state index contributed by atoms with van der Waals surface area (Å²) in [6.45, 7) is 0. The van der Waals surface area contributed by atoms with E-state index in [1.54, 1.807) is 0 Å². The van der Waals surface area contributed by atoms with E-state index in [4.69, 9.17) is 0 Å². The Labute approximate surface area is 87.1 Å². The number of aldehydes is 1. The van der Waals surface area contributed by atoms with Crippen molar-refractivity contribution < 1.29 is 18.0 Å². The van der Waals surface area contributed by atoms with E-state index in [0.29, 0.717) is 10.8 Å². The molecule has 76 valence electrons. The highest BCUT2D eigenvalue weighted by molar-refractivity contribution is 9.10. The van der Waals surface area contributed by atoms with Gasteiger partial charge in [-0.25, -0.2) is 0 Å². The van der Waals surface area contributed by atoms with Crippen molar-refractivity contribution in [1.29, 1.82) is 0 Å². The molecule has 0 aliphatic heterocycles. The van der Waals surface area contributed by atoms with Gasteiger partial charge in [0, 0.05) is 10.0 Å². The minimum Gasteiger partial charge on any atom is -0.298 e. The Morgan fingerprint density at radius 2 is 1.93 bits per heavy atom. The highest BCUT2D eigenvalue weighted by atomic mass is 79.9. The van der Waals surface area contributed by atoms with Gasteiger partial charge in [-0.2, -0.15) is 13.2 Å². The molecule has 5 heteroatoms. The van der Waals surface area contributed by atoms with Crippen LogP contribution in [-0.4, -0.2) is 12.5 Å². The van der Waals surface area contributed by atoms with Gasteiger partial charge in [-0.3, -0.25) is 4.79 Å². The minimum atomic E-state index is -4.25. The molecule has 0 bridgehead atoms. The summed E-state index contributed by atoms with van der Waals surface area (Å²) in [5, 5.41) is 0. The van der Waals surface area contributed by atoms with Crippen molar-refractivity contribution in [3.8, 4) is 0 Å². The lowest BCUT2D eigenvalue weighted by Crippen LogP contribution is -2.11. The molecule has 14 heavy (non-hydrogen) atoms. The highest BCUT2D eigenvalue weighted by Crippen LogP contribution is 2.24. The lowest BCUT2D eigenvalue weighted by atomic mass is 10.1. The smallest absolute Gasteiger partial charge is 0.298 e. The maximum Gasteiger partial charge on any atom is 0.393 e. The number of hydrogen-bond donors (Lipinski definition) is 0. The summed E-state index contributed by atoms with van der Waals surface area (Å²) in [6.07, 6.45) is -4.75. The fourth-order valence-electron chi connectivity index (χ4n) is 1.08. The average Bonchev–Trinajstić information content (AvgIpc) is 1.99. The van der Waals surface area contributed by atoms with Crippen molar-refractivity contribution >= 4 is 22.2 Å². The maximum atomic E-state index is 12.0. The summed E-state index contributed by atoms with van der Waals surface area (Å²) in [5.74, 6) is 0. The van der Waals surface area contributed by atoms with Crippen molar-refractivity contribution in [2.24, 2.45) is 0 Å². The van der Waals surface area contributed by atoms with E-state index in [-0.39, 0.29) is 11.1 Å². The van der Waals surface area contributed by atoms with Crippen LogP contribution in [0.4, 0.5) is 13.2 Å². The number of hydrogen-bond acceptors (Lipinski definition) is 1. The molecule has 1 aromatic carbocycles. The van der Waals surface area contributed by atoms with Crippen molar-refractivity contribution in [3.63, 3.8) is 0 Å². The zero-order valence-electron chi connectivity index (χ0n) is 6.94. The Balaban J connectivity index is 2.98. The molecule has 0 radical (unpaired) electrons. The third kappa shape index (κ3) is 3.49. The van der Waals surface area contributed by atoms with Crippen molar-refractivity contribution in [3.05, 3.63) is 33.8 Å². The molecular formula is C9H6BrF3O. The fourth-order valence-corrected chi connectivity index (χ4v) is 1.64. The predicted molar refractivity (Wildman–Crippen MR) is 49.3 cm³/mol. The van der Waals surface area contributed by atoms with Gasteiger partial charge in [-0.1, -0.05) is 15.9 Å². The molecule has 0 fully saturated rings. The van der Waals surface area contributed by atoms with Crippen LogP contribution in [0.25, 0.3) is 0 Å². The van der Waals surface area contributed by atoms with Gasteiger partial charge in [0.05, 0.1) is 6.42 Å². The number of alkyl halides is 3. The Hall–Kier alpha value is -0.840. The quantitative estimate of drug-likeness (QED) is 0.751. The van der Waals surface area contributed by atoms with Gasteiger partial charge in [0.1, 0.15) is 6.29 Å². The molecule has 0 heterocycles. The molecule has 0 N–H and O–H groups in total. The Bertz CT molecular complexity index is 346.